The number of anilines is 2. The SMILES string of the molecule is C[C@H](N)C(=O)Nc1cc(C(F)(F)F)ccc1NS(C)(=O)=O.Cl. The van der Waals surface area contributed by atoms with E-state index in [-0.39, 0.29) is 23.8 Å². The topological polar surface area (TPSA) is 101 Å². The number of rotatable bonds is 4. The normalized spacial score (nSPS) is 13.0. The number of carbonyl (C=O) groups excluding carboxylic acids is 1. The molecule has 0 heterocycles. The van der Waals surface area contributed by atoms with E-state index in [4.69, 9.17) is 5.73 Å². The van der Waals surface area contributed by atoms with E-state index in [0.717, 1.165) is 12.3 Å². The molecule has 0 aliphatic rings. The third kappa shape index (κ3) is 6.08. The zero-order chi connectivity index (χ0) is 16.4. The summed E-state index contributed by atoms with van der Waals surface area (Å²) >= 11 is 0. The van der Waals surface area contributed by atoms with E-state index in [0.29, 0.717) is 12.1 Å². The second kappa shape index (κ2) is 7.16. The van der Waals surface area contributed by atoms with Crippen LogP contribution in [0.1, 0.15) is 12.5 Å². The third-order valence-electron chi connectivity index (χ3n) is 2.31. The molecule has 0 aliphatic heterocycles. The molecule has 0 aromatic heterocycles. The zero-order valence-electron chi connectivity index (χ0n) is 11.6. The van der Waals surface area contributed by atoms with Gasteiger partial charge < -0.3 is 11.1 Å². The molecule has 0 spiro atoms. The number of halogens is 4. The minimum atomic E-state index is -4.63. The molecule has 0 radical (unpaired) electrons. The first-order valence-corrected chi connectivity index (χ1v) is 7.55. The van der Waals surface area contributed by atoms with Crippen molar-refractivity contribution in [2.24, 2.45) is 5.73 Å². The van der Waals surface area contributed by atoms with Gasteiger partial charge in [0, 0.05) is 0 Å². The summed E-state index contributed by atoms with van der Waals surface area (Å²) in [5.74, 6) is -0.745. The Labute approximate surface area is 131 Å². The lowest BCUT2D eigenvalue weighted by molar-refractivity contribution is -0.137. The van der Waals surface area contributed by atoms with E-state index >= 15 is 0 Å². The van der Waals surface area contributed by atoms with Crippen molar-refractivity contribution in [3.8, 4) is 0 Å². The summed E-state index contributed by atoms with van der Waals surface area (Å²) in [7, 11) is -3.72. The highest BCUT2D eigenvalue weighted by Crippen LogP contribution is 2.34. The van der Waals surface area contributed by atoms with Crippen molar-refractivity contribution in [3.05, 3.63) is 23.8 Å². The van der Waals surface area contributed by atoms with Crippen molar-refractivity contribution < 1.29 is 26.4 Å². The quantitative estimate of drug-likeness (QED) is 0.760. The molecule has 1 aromatic carbocycles. The average molecular weight is 362 g/mol. The minimum absolute atomic E-state index is 0. The summed E-state index contributed by atoms with van der Waals surface area (Å²) < 4.78 is 62.4. The van der Waals surface area contributed by atoms with Crippen LogP contribution < -0.4 is 15.8 Å². The lowest BCUT2D eigenvalue weighted by atomic mass is 10.1. The lowest BCUT2D eigenvalue weighted by Gasteiger charge is -2.16. The molecule has 0 fully saturated rings. The van der Waals surface area contributed by atoms with E-state index in [2.05, 4.69) is 5.32 Å². The summed E-state index contributed by atoms with van der Waals surface area (Å²) in [6.07, 6.45) is -3.79. The Bertz CT molecular complexity index is 648. The molecule has 0 bridgehead atoms. The monoisotopic (exact) mass is 361 g/mol. The van der Waals surface area contributed by atoms with Crippen molar-refractivity contribution in [1.82, 2.24) is 0 Å². The molecule has 0 unspecified atom stereocenters. The van der Waals surface area contributed by atoms with Crippen LogP contribution in [0.5, 0.6) is 0 Å². The number of sulfonamides is 1. The minimum Gasteiger partial charge on any atom is -0.323 e. The van der Waals surface area contributed by atoms with E-state index < -0.39 is 33.7 Å². The second-order valence-corrected chi connectivity index (χ2v) is 6.16. The van der Waals surface area contributed by atoms with Crippen LogP contribution in [0.3, 0.4) is 0 Å². The molecule has 0 saturated carbocycles. The van der Waals surface area contributed by atoms with Crippen molar-refractivity contribution in [3.63, 3.8) is 0 Å². The highest BCUT2D eigenvalue weighted by atomic mass is 35.5. The molecule has 0 saturated heterocycles. The molecule has 11 heteroatoms. The smallest absolute Gasteiger partial charge is 0.323 e. The van der Waals surface area contributed by atoms with Gasteiger partial charge in [-0.1, -0.05) is 0 Å². The molecule has 4 N–H and O–H groups in total. The first-order chi connectivity index (χ1) is 9.40. The predicted octanol–water partition coefficient (Wildman–Crippen LogP) is 1.78. The predicted molar refractivity (Wildman–Crippen MR) is 79.4 cm³/mol. The first-order valence-electron chi connectivity index (χ1n) is 5.65. The maximum atomic E-state index is 12.7. The molecule has 1 atom stereocenters. The van der Waals surface area contributed by atoms with Crippen molar-refractivity contribution in [1.29, 1.82) is 0 Å². The fourth-order valence-corrected chi connectivity index (χ4v) is 1.94. The van der Waals surface area contributed by atoms with Gasteiger partial charge in [-0.2, -0.15) is 13.2 Å². The van der Waals surface area contributed by atoms with Crippen molar-refractivity contribution in [2.75, 3.05) is 16.3 Å². The molecule has 6 nitrogen and oxygen atoms in total. The van der Waals surface area contributed by atoms with Gasteiger partial charge in [-0.15, -0.1) is 12.4 Å². The summed E-state index contributed by atoms with van der Waals surface area (Å²) in [4.78, 5) is 11.5. The molecule has 1 aromatic rings. The van der Waals surface area contributed by atoms with Gasteiger partial charge in [0.1, 0.15) is 0 Å². The van der Waals surface area contributed by atoms with Crippen molar-refractivity contribution in [2.45, 2.75) is 19.1 Å². The van der Waals surface area contributed by atoms with E-state index in [9.17, 15) is 26.4 Å². The Morgan fingerprint density at radius 2 is 1.82 bits per heavy atom. The molecule has 0 aliphatic carbocycles. The molecular weight excluding hydrogens is 347 g/mol. The summed E-state index contributed by atoms with van der Waals surface area (Å²) in [6.45, 7) is 1.34. The second-order valence-electron chi connectivity index (χ2n) is 4.41. The van der Waals surface area contributed by atoms with Crippen molar-refractivity contribution >= 4 is 39.7 Å². The largest absolute Gasteiger partial charge is 0.416 e. The van der Waals surface area contributed by atoms with Crippen LogP contribution in [0, 0.1) is 0 Å². The average Bonchev–Trinajstić information content (AvgIpc) is 2.27. The van der Waals surface area contributed by atoms with Gasteiger partial charge in [0.25, 0.3) is 0 Å². The Kier molecular flexibility index (Phi) is 6.67. The fraction of sp³-hybridized carbons (Fsp3) is 0.364. The van der Waals surface area contributed by atoms with E-state index in [1.165, 1.54) is 6.92 Å². The number of amides is 1. The number of nitrogens with one attached hydrogen (secondary N) is 2. The summed E-state index contributed by atoms with van der Waals surface area (Å²) in [6, 6.07) is 1.29. The van der Waals surface area contributed by atoms with Crippen LogP contribution in [0.25, 0.3) is 0 Å². The van der Waals surface area contributed by atoms with Crippen LogP contribution in [0.15, 0.2) is 18.2 Å². The maximum absolute atomic E-state index is 12.7. The van der Waals surface area contributed by atoms with Crippen LogP contribution >= 0.6 is 12.4 Å². The van der Waals surface area contributed by atoms with E-state index in [1.54, 1.807) is 0 Å². The van der Waals surface area contributed by atoms with Gasteiger partial charge in [-0.05, 0) is 25.1 Å². The first kappa shape index (κ1) is 20.5. The highest BCUT2D eigenvalue weighted by Gasteiger charge is 2.31. The highest BCUT2D eigenvalue weighted by molar-refractivity contribution is 7.92. The standard InChI is InChI=1S/C11H14F3N3O3S.ClH/c1-6(15)10(18)16-9-5-7(11(12,13)14)3-4-8(9)17-21(2,19)20;/h3-6,17H,15H2,1-2H3,(H,16,18);1H/t6-;/m0./s1. The Balaban J connectivity index is 0.00000441. The Hall–Kier alpha value is -1.52. The number of carbonyl (C=O) groups is 1. The Morgan fingerprint density at radius 3 is 2.23 bits per heavy atom. The van der Waals surface area contributed by atoms with Gasteiger partial charge in [0.15, 0.2) is 0 Å². The van der Waals surface area contributed by atoms with Crippen LogP contribution in [-0.4, -0.2) is 26.6 Å². The molecule has 126 valence electrons. The summed E-state index contributed by atoms with van der Waals surface area (Å²) in [5.41, 5.74) is 3.78. The lowest BCUT2D eigenvalue weighted by Crippen LogP contribution is -2.33. The fourth-order valence-electron chi connectivity index (χ4n) is 1.36. The number of hydrogen-bond donors (Lipinski definition) is 3. The van der Waals surface area contributed by atoms with Gasteiger partial charge in [0.2, 0.25) is 15.9 Å². The molecule has 1 rings (SSSR count). The number of alkyl halides is 3. The maximum Gasteiger partial charge on any atom is 0.416 e. The summed E-state index contributed by atoms with van der Waals surface area (Å²) in [5, 5.41) is 2.15. The zero-order valence-corrected chi connectivity index (χ0v) is 13.2. The van der Waals surface area contributed by atoms with Gasteiger partial charge >= 0.3 is 6.18 Å². The Morgan fingerprint density at radius 1 is 1.27 bits per heavy atom. The van der Waals surface area contributed by atoms with Gasteiger partial charge in [-0.3, -0.25) is 9.52 Å². The molecular formula is C11H15ClF3N3O3S. The number of nitrogens with two attached hydrogens (primary N) is 1. The van der Waals surface area contributed by atoms with Gasteiger partial charge in [0.05, 0.1) is 29.2 Å². The van der Waals surface area contributed by atoms with Gasteiger partial charge in [-0.25, -0.2) is 8.42 Å². The van der Waals surface area contributed by atoms with E-state index in [1.807, 2.05) is 4.72 Å². The third-order valence-corrected chi connectivity index (χ3v) is 2.90. The number of benzene rings is 1. The molecule has 1 amide bonds. The van der Waals surface area contributed by atoms with Crippen LogP contribution in [0.4, 0.5) is 24.5 Å². The molecule has 22 heavy (non-hydrogen) atoms. The van der Waals surface area contributed by atoms with Crippen LogP contribution in [-0.2, 0) is 21.0 Å². The number of hydrogen-bond acceptors (Lipinski definition) is 4. The van der Waals surface area contributed by atoms with Crippen LogP contribution in [0.2, 0.25) is 0 Å².